The molecule has 1 unspecified atom stereocenters. The fourth-order valence-corrected chi connectivity index (χ4v) is 2.13. The van der Waals surface area contributed by atoms with Crippen molar-refractivity contribution in [1.29, 1.82) is 0 Å². The van der Waals surface area contributed by atoms with E-state index in [1.54, 1.807) is 6.20 Å². The van der Waals surface area contributed by atoms with Gasteiger partial charge in [0.1, 0.15) is 5.82 Å². The van der Waals surface area contributed by atoms with E-state index in [0.29, 0.717) is 0 Å². The van der Waals surface area contributed by atoms with Gasteiger partial charge in [-0.3, -0.25) is 0 Å². The topological polar surface area (TPSA) is 41.1 Å². The van der Waals surface area contributed by atoms with Crippen LogP contribution in [0.1, 0.15) is 32.4 Å². The van der Waals surface area contributed by atoms with Crippen molar-refractivity contribution in [3.8, 4) is 0 Å². The van der Waals surface area contributed by atoms with E-state index >= 15 is 0 Å². The Hall–Kier alpha value is -2.10. The Balaban J connectivity index is 2.12. The van der Waals surface area contributed by atoms with Crippen LogP contribution >= 0.6 is 0 Å². The summed E-state index contributed by atoms with van der Waals surface area (Å²) in [7, 11) is 0. The summed E-state index contributed by atoms with van der Waals surface area (Å²) in [6, 6.07) is 12.5. The van der Waals surface area contributed by atoms with E-state index in [4.69, 9.17) is 0 Å². The van der Waals surface area contributed by atoms with Crippen molar-refractivity contribution in [2.45, 2.75) is 26.8 Å². The SMILES string of the molecule is CCN(CC)c1nccc(NC(C)c2ccccc2)n1. The van der Waals surface area contributed by atoms with Gasteiger partial charge in [0, 0.05) is 25.3 Å². The van der Waals surface area contributed by atoms with Gasteiger partial charge in [0.15, 0.2) is 0 Å². The van der Waals surface area contributed by atoms with Gasteiger partial charge < -0.3 is 10.2 Å². The Bertz CT molecular complexity index is 523. The van der Waals surface area contributed by atoms with E-state index in [1.165, 1.54) is 5.56 Å². The minimum absolute atomic E-state index is 0.218. The molecule has 0 fully saturated rings. The number of nitrogens with one attached hydrogen (secondary N) is 1. The van der Waals surface area contributed by atoms with E-state index < -0.39 is 0 Å². The van der Waals surface area contributed by atoms with Crippen molar-refractivity contribution in [1.82, 2.24) is 9.97 Å². The Morgan fingerprint density at radius 2 is 1.80 bits per heavy atom. The third kappa shape index (κ3) is 3.47. The lowest BCUT2D eigenvalue weighted by molar-refractivity contribution is 0.813. The predicted molar refractivity (Wildman–Crippen MR) is 84.1 cm³/mol. The zero-order valence-corrected chi connectivity index (χ0v) is 12.4. The summed E-state index contributed by atoms with van der Waals surface area (Å²) in [5.74, 6) is 1.64. The summed E-state index contributed by atoms with van der Waals surface area (Å²) >= 11 is 0. The molecule has 0 spiro atoms. The van der Waals surface area contributed by atoms with Crippen LogP contribution in [0.15, 0.2) is 42.6 Å². The van der Waals surface area contributed by atoms with Crippen LogP contribution < -0.4 is 10.2 Å². The quantitative estimate of drug-likeness (QED) is 0.872. The summed E-state index contributed by atoms with van der Waals surface area (Å²) < 4.78 is 0. The molecule has 1 N–H and O–H groups in total. The number of rotatable bonds is 6. The molecule has 0 saturated carbocycles. The van der Waals surface area contributed by atoms with Gasteiger partial charge in [-0.25, -0.2) is 4.98 Å². The summed E-state index contributed by atoms with van der Waals surface area (Å²) in [4.78, 5) is 11.1. The Labute approximate surface area is 120 Å². The van der Waals surface area contributed by atoms with Crippen LogP contribution in [0.3, 0.4) is 0 Å². The van der Waals surface area contributed by atoms with Crippen LogP contribution in [0.25, 0.3) is 0 Å². The number of hydrogen-bond donors (Lipinski definition) is 1. The monoisotopic (exact) mass is 270 g/mol. The van der Waals surface area contributed by atoms with E-state index in [2.05, 4.69) is 65.2 Å². The molecule has 4 nitrogen and oxygen atoms in total. The fraction of sp³-hybridized carbons (Fsp3) is 0.375. The van der Waals surface area contributed by atoms with Gasteiger partial charge >= 0.3 is 0 Å². The van der Waals surface area contributed by atoms with Gasteiger partial charge in [-0.2, -0.15) is 4.98 Å². The van der Waals surface area contributed by atoms with Gasteiger partial charge in [0.05, 0.1) is 0 Å². The first-order chi connectivity index (χ1) is 9.74. The molecule has 0 radical (unpaired) electrons. The van der Waals surface area contributed by atoms with Crippen molar-refractivity contribution >= 4 is 11.8 Å². The second kappa shape index (κ2) is 6.89. The number of anilines is 2. The van der Waals surface area contributed by atoms with E-state index in [0.717, 1.165) is 24.9 Å². The first kappa shape index (κ1) is 14.3. The molecule has 1 aromatic carbocycles. The normalized spacial score (nSPS) is 11.9. The maximum Gasteiger partial charge on any atom is 0.227 e. The molecule has 0 aliphatic rings. The molecule has 4 heteroatoms. The largest absolute Gasteiger partial charge is 0.363 e. The van der Waals surface area contributed by atoms with Crippen LogP contribution in [0.5, 0.6) is 0 Å². The van der Waals surface area contributed by atoms with Gasteiger partial charge in [0.2, 0.25) is 5.95 Å². The smallest absolute Gasteiger partial charge is 0.227 e. The van der Waals surface area contributed by atoms with Crippen LogP contribution in [-0.2, 0) is 0 Å². The third-order valence-corrected chi connectivity index (χ3v) is 3.35. The molecular formula is C16H22N4. The third-order valence-electron chi connectivity index (χ3n) is 3.35. The predicted octanol–water partition coefficient (Wildman–Crippen LogP) is 3.50. The average molecular weight is 270 g/mol. The van der Waals surface area contributed by atoms with Crippen LogP contribution in [0.2, 0.25) is 0 Å². The zero-order valence-electron chi connectivity index (χ0n) is 12.4. The molecule has 0 saturated heterocycles. The maximum absolute atomic E-state index is 4.58. The number of aromatic nitrogens is 2. The average Bonchev–Trinajstić information content (AvgIpc) is 2.50. The maximum atomic E-state index is 4.58. The highest BCUT2D eigenvalue weighted by molar-refractivity contribution is 5.43. The molecule has 1 heterocycles. The molecule has 20 heavy (non-hydrogen) atoms. The van der Waals surface area contributed by atoms with Crippen molar-refractivity contribution in [3.05, 3.63) is 48.2 Å². The van der Waals surface area contributed by atoms with Crippen molar-refractivity contribution in [2.75, 3.05) is 23.3 Å². The molecular weight excluding hydrogens is 248 g/mol. The molecule has 2 aromatic rings. The molecule has 1 aromatic heterocycles. The summed E-state index contributed by atoms with van der Waals surface area (Å²) in [6.07, 6.45) is 1.81. The number of nitrogens with zero attached hydrogens (tertiary/aromatic N) is 3. The molecule has 0 aliphatic carbocycles. The Morgan fingerprint density at radius 1 is 1.10 bits per heavy atom. The molecule has 2 rings (SSSR count). The zero-order chi connectivity index (χ0) is 14.4. The van der Waals surface area contributed by atoms with Crippen molar-refractivity contribution < 1.29 is 0 Å². The second-order valence-corrected chi connectivity index (χ2v) is 4.69. The first-order valence-corrected chi connectivity index (χ1v) is 7.14. The summed E-state index contributed by atoms with van der Waals surface area (Å²) in [6.45, 7) is 8.18. The molecule has 106 valence electrons. The summed E-state index contributed by atoms with van der Waals surface area (Å²) in [5, 5.41) is 3.42. The van der Waals surface area contributed by atoms with Gasteiger partial charge in [-0.1, -0.05) is 30.3 Å². The van der Waals surface area contributed by atoms with E-state index in [9.17, 15) is 0 Å². The fourth-order valence-electron chi connectivity index (χ4n) is 2.13. The highest BCUT2D eigenvalue weighted by Gasteiger charge is 2.08. The van der Waals surface area contributed by atoms with Crippen LogP contribution in [0, 0.1) is 0 Å². The van der Waals surface area contributed by atoms with Crippen molar-refractivity contribution in [2.24, 2.45) is 0 Å². The number of benzene rings is 1. The first-order valence-electron chi connectivity index (χ1n) is 7.14. The van der Waals surface area contributed by atoms with E-state index in [1.807, 2.05) is 12.1 Å². The van der Waals surface area contributed by atoms with E-state index in [-0.39, 0.29) is 6.04 Å². The van der Waals surface area contributed by atoms with Crippen LogP contribution in [0.4, 0.5) is 11.8 Å². The molecule has 0 amide bonds. The minimum atomic E-state index is 0.218. The Kier molecular flexibility index (Phi) is 4.93. The highest BCUT2D eigenvalue weighted by Crippen LogP contribution is 2.18. The molecule has 1 atom stereocenters. The van der Waals surface area contributed by atoms with Gasteiger partial charge in [-0.15, -0.1) is 0 Å². The van der Waals surface area contributed by atoms with Gasteiger partial charge in [0.25, 0.3) is 0 Å². The van der Waals surface area contributed by atoms with Crippen molar-refractivity contribution in [3.63, 3.8) is 0 Å². The minimum Gasteiger partial charge on any atom is -0.363 e. The highest BCUT2D eigenvalue weighted by atomic mass is 15.3. The van der Waals surface area contributed by atoms with Gasteiger partial charge in [-0.05, 0) is 32.4 Å². The second-order valence-electron chi connectivity index (χ2n) is 4.69. The molecule has 0 bridgehead atoms. The standard InChI is InChI=1S/C16H22N4/c1-4-20(5-2)16-17-12-11-15(19-16)18-13(3)14-9-7-6-8-10-14/h6-13H,4-5H2,1-3H3,(H,17,18,19). The lowest BCUT2D eigenvalue weighted by Crippen LogP contribution is -2.24. The molecule has 0 aliphatic heterocycles. The lowest BCUT2D eigenvalue weighted by atomic mass is 10.1. The Morgan fingerprint density at radius 3 is 2.45 bits per heavy atom. The summed E-state index contributed by atoms with van der Waals surface area (Å²) in [5.41, 5.74) is 1.25. The van der Waals surface area contributed by atoms with Crippen LogP contribution in [-0.4, -0.2) is 23.1 Å². The number of hydrogen-bond acceptors (Lipinski definition) is 4. The lowest BCUT2D eigenvalue weighted by Gasteiger charge is -2.20.